The third-order valence-electron chi connectivity index (χ3n) is 3.56. The highest BCUT2D eigenvalue weighted by Gasteiger charge is 2.14. The van der Waals surface area contributed by atoms with Crippen LogP contribution in [0.2, 0.25) is 0 Å². The first kappa shape index (κ1) is 18.7. The molecule has 132 valence electrons. The number of carbonyl (C=O) groups excluding carboxylic acids is 1. The number of esters is 1. The molecule has 2 rings (SSSR count). The van der Waals surface area contributed by atoms with E-state index in [1.165, 1.54) is 6.07 Å². The van der Waals surface area contributed by atoms with Crippen molar-refractivity contribution in [3.05, 3.63) is 65.5 Å². The number of rotatable bonds is 7. The minimum atomic E-state index is -0.517. The quantitative estimate of drug-likeness (QED) is 0.613. The average molecular weight is 344 g/mol. The number of hydrogen-bond donors (Lipinski definition) is 1. The van der Waals surface area contributed by atoms with Crippen molar-refractivity contribution in [2.24, 2.45) is 0 Å². The van der Waals surface area contributed by atoms with Crippen LogP contribution in [0.3, 0.4) is 0 Å². The van der Waals surface area contributed by atoms with Crippen LogP contribution in [-0.2, 0) is 16.1 Å². The number of benzene rings is 2. The molecule has 0 fully saturated rings. The van der Waals surface area contributed by atoms with Crippen molar-refractivity contribution < 1.29 is 23.8 Å². The van der Waals surface area contributed by atoms with Crippen LogP contribution in [0.4, 0.5) is 4.39 Å². The summed E-state index contributed by atoms with van der Waals surface area (Å²) in [7, 11) is 0. The van der Waals surface area contributed by atoms with Crippen LogP contribution in [0.25, 0.3) is 11.1 Å². The van der Waals surface area contributed by atoms with E-state index in [1.807, 2.05) is 13.0 Å². The Kier molecular flexibility index (Phi) is 6.31. The van der Waals surface area contributed by atoms with Gasteiger partial charge < -0.3 is 14.6 Å². The average Bonchev–Trinajstić information content (AvgIpc) is 2.58. The van der Waals surface area contributed by atoms with Gasteiger partial charge in [0, 0.05) is 16.7 Å². The van der Waals surface area contributed by atoms with Crippen LogP contribution in [0.5, 0.6) is 5.75 Å². The van der Waals surface area contributed by atoms with Gasteiger partial charge in [0.2, 0.25) is 0 Å². The number of carbonyl (C=O) groups is 1. The first-order valence-corrected chi connectivity index (χ1v) is 7.88. The molecule has 5 heteroatoms. The van der Waals surface area contributed by atoms with Crippen LogP contribution in [0.15, 0.2) is 48.6 Å². The Balaban J connectivity index is 2.39. The van der Waals surface area contributed by atoms with Gasteiger partial charge in [0.1, 0.15) is 24.8 Å². The van der Waals surface area contributed by atoms with E-state index in [0.29, 0.717) is 22.4 Å². The lowest BCUT2D eigenvalue weighted by atomic mass is 9.98. The highest BCUT2D eigenvalue weighted by molar-refractivity contribution is 5.87. The smallest absolute Gasteiger partial charge is 0.333 e. The molecule has 0 aliphatic carbocycles. The second kappa shape index (κ2) is 8.44. The van der Waals surface area contributed by atoms with Crippen LogP contribution in [-0.4, -0.2) is 24.3 Å². The summed E-state index contributed by atoms with van der Waals surface area (Å²) >= 11 is 0. The molecule has 25 heavy (non-hydrogen) atoms. The summed E-state index contributed by atoms with van der Waals surface area (Å²) in [6.45, 7) is 6.90. The minimum absolute atomic E-state index is 0.0370. The maximum atomic E-state index is 14.4. The van der Waals surface area contributed by atoms with Crippen molar-refractivity contribution in [1.29, 1.82) is 0 Å². The van der Waals surface area contributed by atoms with Crippen LogP contribution >= 0.6 is 0 Å². The summed E-state index contributed by atoms with van der Waals surface area (Å²) < 4.78 is 25.0. The van der Waals surface area contributed by atoms with E-state index < -0.39 is 5.97 Å². The molecule has 0 aliphatic rings. The fraction of sp³-hybridized carbons (Fsp3) is 0.250. The topological polar surface area (TPSA) is 55.8 Å². The molecular weight excluding hydrogens is 323 g/mol. The molecule has 0 saturated carbocycles. The van der Waals surface area contributed by atoms with Crippen molar-refractivity contribution in [2.45, 2.75) is 20.5 Å². The van der Waals surface area contributed by atoms with Gasteiger partial charge in [-0.05, 0) is 43.2 Å². The molecule has 0 aromatic heterocycles. The Morgan fingerprint density at radius 1 is 1.20 bits per heavy atom. The van der Waals surface area contributed by atoms with E-state index in [0.717, 1.165) is 5.56 Å². The second-order valence-electron chi connectivity index (χ2n) is 5.73. The predicted molar refractivity (Wildman–Crippen MR) is 93.8 cm³/mol. The van der Waals surface area contributed by atoms with Gasteiger partial charge in [-0.15, -0.1) is 0 Å². The fourth-order valence-electron chi connectivity index (χ4n) is 2.31. The summed E-state index contributed by atoms with van der Waals surface area (Å²) in [5, 5.41) is 8.88. The van der Waals surface area contributed by atoms with Crippen molar-refractivity contribution >= 4 is 5.97 Å². The molecular formula is C20H21FO4. The summed E-state index contributed by atoms with van der Waals surface area (Å²) in [6.07, 6.45) is 0. The van der Waals surface area contributed by atoms with Crippen LogP contribution < -0.4 is 4.74 Å². The Morgan fingerprint density at radius 3 is 2.56 bits per heavy atom. The van der Waals surface area contributed by atoms with Gasteiger partial charge in [-0.3, -0.25) is 0 Å². The Morgan fingerprint density at radius 2 is 1.92 bits per heavy atom. The molecule has 0 amide bonds. The Hall–Kier alpha value is -2.66. The molecule has 0 saturated heterocycles. The van der Waals surface area contributed by atoms with E-state index in [9.17, 15) is 9.18 Å². The van der Waals surface area contributed by atoms with Gasteiger partial charge in [-0.1, -0.05) is 24.8 Å². The van der Waals surface area contributed by atoms with Gasteiger partial charge in [-0.2, -0.15) is 0 Å². The zero-order valence-corrected chi connectivity index (χ0v) is 14.3. The monoisotopic (exact) mass is 344 g/mol. The van der Waals surface area contributed by atoms with Gasteiger partial charge in [0.15, 0.2) is 0 Å². The first-order valence-electron chi connectivity index (χ1n) is 7.88. The number of halogens is 1. The lowest BCUT2D eigenvalue weighted by molar-refractivity contribution is -0.140. The highest BCUT2D eigenvalue weighted by Crippen LogP contribution is 2.30. The van der Waals surface area contributed by atoms with Crippen molar-refractivity contribution in [1.82, 2.24) is 0 Å². The van der Waals surface area contributed by atoms with Crippen LogP contribution in [0.1, 0.15) is 18.1 Å². The fourth-order valence-corrected chi connectivity index (χ4v) is 2.31. The summed E-state index contributed by atoms with van der Waals surface area (Å²) in [4.78, 5) is 11.7. The molecule has 0 atom stereocenters. The lowest BCUT2D eigenvalue weighted by Crippen LogP contribution is -2.07. The summed E-state index contributed by atoms with van der Waals surface area (Å²) in [6, 6.07) is 10.0. The van der Waals surface area contributed by atoms with Crippen molar-refractivity contribution in [3.8, 4) is 16.9 Å². The molecule has 0 radical (unpaired) electrons. The second-order valence-corrected chi connectivity index (χ2v) is 5.73. The molecule has 0 bridgehead atoms. The van der Waals surface area contributed by atoms with Gasteiger partial charge in [0.25, 0.3) is 0 Å². The number of aryl methyl sites for hydroxylation is 1. The zero-order valence-electron chi connectivity index (χ0n) is 14.3. The number of aliphatic hydroxyl groups excluding tert-OH is 1. The van der Waals surface area contributed by atoms with Crippen molar-refractivity contribution in [2.75, 3.05) is 13.2 Å². The maximum Gasteiger partial charge on any atom is 0.333 e. The third kappa shape index (κ3) is 4.90. The zero-order chi connectivity index (χ0) is 18.4. The molecule has 2 aromatic carbocycles. The Bertz CT molecular complexity index is 783. The maximum absolute atomic E-state index is 14.4. The van der Waals surface area contributed by atoms with E-state index >= 15 is 0 Å². The van der Waals surface area contributed by atoms with Gasteiger partial charge in [-0.25, -0.2) is 9.18 Å². The molecule has 0 unspecified atom stereocenters. The molecule has 1 N–H and O–H groups in total. The van der Waals surface area contributed by atoms with E-state index in [4.69, 9.17) is 14.6 Å². The predicted octanol–water partition coefficient (Wildman–Crippen LogP) is 3.79. The summed E-state index contributed by atoms with van der Waals surface area (Å²) in [5.41, 5.74) is 2.74. The number of ether oxygens (including phenoxy) is 2. The van der Waals surface area contributed by atoms with Gasteiger partial charge in [0.05, 0.1) is 6.61 Å². The van der Waals surface area contributed by atoms with Crippen LogP contribution in [0, 0.1) is 12.7 Å². The summed E-state index contributed by atoms with van der Waals surface area (Å²) in [5.74, 6) is -0.361. The molecule has 0 heterocycles. The highest BCUT2D eigenvalue weighted by atomic mass is 19.1. The first-order chi connectivity index (χ1) is 11.9. The minimum Gasteiger partial charge on any atom is -0.491 e. The molecule has 4 nitrogen and oxygen atoms in total. The van der Waals surface area contributed by atoms with Crippen molar-refractivity contribution in [3.63, 3.8) is 0 Å². The third-order valence-corrected chi connectivity index (χ3v) is 3.56. The SMILES string of the molecule is C=C(C)C(=O)OCc1cc(OCCO)ccc1-c1ccc(C)cc1F. The molecule has 0 aliphatic heterocycles. The largest absolute Gasteiger partial charge is 0.491 e. The number of aliphatic hydroxyl groups is 1. The lowest BCUT2D eigenvalue weighted by Gasteiger charge is -2.14. The van der Waals surface area contributed by atoms with Gasteiger partial charge >= 0.3 is 5.97 Å². The van der Waals surface area contributed by atoms with E-state index in [-0.39, 0.29) is 31.2 Å². The standard InChI is InChI=1S/C20H21FO4/c1-13(2)20(23)25-12-15-11-16(24-9-8-22)5-7-17(15)18-6-4-14(3)10-19(18)21/h4-7,10-11,22H,1,8-9,12H2,2-3H3. The molecule has 2 aromatic rings. The van der Waals surface area contributed by atoms with E-state index in [2.05, 4.69) is 6.58 Å². The normalized spacial score (nSPS) is 10.4. The Labute approximate surface area is 146 Å². The number of hydrogen-bond acceptors (Lipinski definition) is 4. The molecule has 0 spiro atoms. The van der Waals surface area contributed by atoms with E-state index in [1.54, 1.807) is 31.2 Å².